The van der Waals surface area contributed by atoms with Gasteiger partial charge in [-0.2, -0.15) is 0 Å². The number of hydrogen-bond acceptors (Lipinski definition) is 2. The summed E-state index contributed by atoms with van der Waals surface area (Å²) in [7, 11) is 0. The number of aromatic amines is 1. The number of nitrogens with one attached hydrogen (secondary N) is 2. The van der Waals surface area contributed by atoms with Gasteiger partial charge in [0.2, 0.25) is 0 Å². The number of benzene rings is 2. The molecule has 3 aromatic rings. The molecule has 2 aromatic carbocycles. The van der Waals surface area contributed by atoms with Crippen molar-refractivity contribution in [1.82, 2.24) is 4.98 Å². The molecule has 2 N–H and O–H groups in total. The van der Waals surface area contributed by atoms with Crippen LogP contribution in [-0.2, 0) is 0 Å². The Morgan fingerprint density at radius 2 is 1.74 bits per heavy atom. The second kappa shape index (κ2) is 6.08. The van der Waals surface area contributed by atoms with Crippen molar-refractivity contribution in [3.8, 4) is 0 Å². The zero-order chi connectivity index (χ0) is 16.4. The summed E-state index contributed by atoms with van der Waals surface area (Å²) in [5.41, 5.74) is 1.82. The number of aromatic nitrogens is 1. The van der Waals surface area contributed by atoms with Crippen LogP contribution in [0.25, 0.3) is 10.8 Å². The Hall–Kier alpha value is -2.88. The smallest absolute Gasteiger partial charge is 0.272 e. The van der Waals surface area contributed by atoms with E-state index in [4.69, 9.17) is 0 Å². The predicted octanol–water partition coefficient (Wildman–Crippen LogP) is 3.90. The van der Waals surface area contributed by atoms with Crippen LogP contribution in [0, 0.1) is 0 Å². The topological polar surface area (TPSA) is 62.0 Å². The number of anilines is 1. The van der Waals surface area contributed by atoms with Gasteiger partial charge in [-0.15, -0.1) is 0 Å². The molecule has 0 bridgehead atoms. The minimum Gasteiger partial charge on any atom is -0.320 e. The summed E-state index contributed by atoms with van der Waals surface area (Å²) in [6, 6.07) is 16.6. The number of pyridine rings is 1. The molecule has 0 radical (unpaired) electrons. The number of amides is 1. The van der Waals surface area contributed by atoms with Gasteiger partial charge in [0.05, 0.1) is 0 Å². The molecular formula is C19H18N2O2. The van der Waals surface area contributed by atoms with Crippen molar-refractivity contribution in [2.45, 2.75) is 19.8 Å². The van der Waals surface area contributed by atoms with Crippen molar-refractivity contribution in [2.75, 3.05) is 5.32 Å². The van der Waals surface area contributed by atoms with Crippen molar-refractivity contribution in [2.24, 2.45) is 0 Å². The number of hydrogen-bond donors (Lipinski definition) is 2. The molecule has 0 fully saturated rings. The fourth-order valence-electron chi connectivity index (χ4n) is 2.64. The molecule has 116 valence electrons. The second-order valence-electron chi connectivity index (χ2n) is 5.80. The molecule has 4 nitrogen and oxygen atoms in total. The standard InChI is InChI=1S/C19H18N2O2/c1-12(2)14-8-5-6-10-16(14)20-19(23)17-11-13-7-3-4-9-15(13)18(22)21-17/h3-12H,1-2H3,(H,20,23)(H,21,22). The second-order valence-corrected chi connectivity index (χ2v) is 5.80. The maximum Gasteiger partial charge on any atom is 0.272 e. The van der Waals surface area contributed by atoms with Crippen LogP contribution in [0.15, 0.2) is 59.4 Å². The lowest BCUT2D eigenvalue weighted by atomic mass is 10.0. The highest BCUT2D eigenvalue weighted by molar-refractivity contribution is 6.05. The Labute approximate surface area is 134 Å². The van der Waals surface area contributed by atoms with Crippen LogP contribution in [-0.4, -0.2) is 10.9 Å². The van der Waals surface area contributed by atoms with E-state index in [2.05, 4.69) is 24.1 Å². The van der Waals surface area contributed by atoms with Crippen molar-refractivity contribution in [1.29, 1.82) is 0 Å². The number of fused-ring (bicyclic) bond motifs is 1. The van der Waals surface area contributed by atoms with Crippen LogP contribution in [0.3, 0.4) is 0 Å². The fraction of sp³-hybridized carbons (Fsp3) is 0.158. The minimum absolute atomic E-state index is 0.257. The molecule has 4 heteroatoms. The summed E-state index contributed by atoms with van der Waals surface area (Å²) in [5, 5.41) is 4.22. The molecule has 0 aliphatic carbocycles. The Morgan fingerprint density at radius 3 is 2.52 bits per heavy atom. The molecule has 0 spiro atoms. The summed E-state index contributed by atoms with van der Waals surface area (Å²) in [5.74, 6) is -0.0249. The SMILES string of the molecule is CC(C)c1ccccc1NC(=O)c1cc2ccccc2c(=O)[nH]1. The number of rotatable bonds is 3. The van der Waals surface area contributed by atoms with Crippen LogP contribution in [0.1, 0.15) is 35.8 Å². The molecule has 1 amide bonds. The molecule has 0 aliphatic heterocycles. The summed E-state index contributed by atoms with van der Waals surface area (Å²) in [6.45, 7) is 4.14. The third-order valence-corrected chi connectivity index (χ3v) is 3.83. The first-order valence-electron chi connectivity index (χ1n) is 7.58. The van der Waals surface area contributed by atoms with Crippen LogP contribution in [0.5, 0.6) is 0 Å². The first kappa shape index (κ1) is 15.0. The normalized spacial score (nSPS) is 10.9. The van der Waals surface area contributed by atoms with Gasteiger partial charge in [0, 0.05) is 11.1 Å². The van der Waals surface area contributed by atoms with Crippen LogP contribution < -0.4 is 10.9 Å². The van der Waals surface area contributed by atoms with E-state index in [1.54, 1.807) is 18.2 Å². The lowest BCUT2D eigenvalue weighted by molar-refractivity contribution is 0.102. The van der Waals surface area contributed by atoms with E-state index in [1.165, 1.54) is 0 Å². The van der Waals surface area contributed by atoms with Gasteiger partial charge < -0.3 is 10.3 Å². The fourth-order valence-corrected chi connectivity index (χ4v) is 2.64. The van der Waals surface area contributed by atoms with E-state index < -0.39 is 0 Å². The van der Waals surface area contributed by atoms with E-state index in [9.17, 15) is 9.59 Å². The van der Waals surface area contributed by atoms with Crippen molar-refractivity contribution < 1.29 is 4.79 Å². The number of H-pyrrole nitrogens is 1. The van der Waals surface area contributed by atoms with Crippen LogP contribution in [0.2, 0.25) is 0 Å². The summed E-state index contributed by atoms with van der Waals surface area (Å²) in [4.78, 5) is 27.3. The van der Waals surface area contributed by atoms with E-state index in [1.807, 2.05) is 36.4 Å². The van der Waals surface area contributed by atoms with Crippen molar-refractivity contribution in [3.05, 3.63) is 76.2 Å². The van der Waals surface area contributed by atoms with E-state index in [0.717, 1.165) is 16.6 Å². The molecule has 3 rings (SSSR count). The minimum atomic E-state index is -0.319. The van der Waals surface area contributed by atoms with Gasteiger partial charge in [0.1, 0.15) is 5.69 Å². The zero-order valence-corrected chi connectivity index (χ0v) is 13.1. The largest absolute Gasteiger partial charge is 0.320 e. The molecule has 1 aromatic heterocycles. The molecule has 23 heavy (non-hydrogen) atoms. The lowest BCUT2D eigenvalue weighted by Gasteiger charge is -2.13. The number of carbonyl (C=O) groups is 1. The monoisotopic (exact) mass is 306 g/mol. The van der Waals surface area contributed by atoms with Gasteiger partial charge in [-0.25, -0.2) is 0 Å². The highest BCUT2D eigenvalue weighted by Gasteiger charge is 2.12. The third-order valence-electron chi connectivity index (χ3n) is 3.83. The first-order chi connectivity index (χ1) is 11.1. The lowest BCUT2D eigenvalue weighted by Crippen LogP contribution is -2.19. The zero-order valence-electron chi connectivity index (χ0n) is 13.1. The maximum absolute atomic E-state index is 12.5. The Balaban J connectivity index is 1.97. The summed E-state index contributed by atoms with van der Waals surface area (Å²) >= 11 is 0. The van der Waals surface area contributed by atoms with E-state index in [0.29, 0.717) is 11.3 Å². The molecule has 0 atom stereocenters. The number of carbonyl (C=O) groups excluding carboxylic acids is 1. The highest BCUT2D eigenvalue weighted by atomic mass is 16.2. The van der Waals surface area contributed by atoms with Crippen LogP contribution >= 0.6 is 0 Å². The van der Waals surface area contributed by atoms with E-state index in [-0.39, 0.29) is 17.2 Å². The molecule has 0 saturated carbocycles. The molecular weight excluding hydrogens is 288 g/mol. The van der Waals surface area contributed by atoms with Gasteiger partial charge in [-0.05, 0) is 35.1 Å². The van der Waals surface area contributed by atoms with Gasteiger partial charge in [0.25, 0.3) is 11.5 Å². The predicted molar refractivity (Wildman–Crippen MR) is 93.1 cm³/mol. The van der Waals surface area contributed by atoms with Gasteiger partial charge in [-0.1, -0.05) is 50.2 Å². The maximum atomic E-state index is 12.5. The average Bonchev–Trinajstić information content (AvgIpc) is 2.55. The van der Waals surface area contributed by atoms with Crippen LogP contribution in [0.4, 0.5) is 5.69 Å². The van der Waals surface area contributed by atoms with Gasteiger partial charge in [-0.3, -0.25) is 9.59 Å². The first-order valence-corrected chi connectivity index (χ1v) is 7.58. The Kier molecular flexibility index (Phi) is 3.98. The molecule has 0 saturated heterocycles. The summed E-state index contributed by atoms with van der Waals surface area (Å²) < 4.78 is 0. The average molecular weight is 306 g/mol. The van der Waals surface area contributed by atoms with Gasteiger partial charge >= 0.3 is 0 Å². The highest BCUT2D eigenvalue weighted by Crippen LogP contribution is 2.24. The van der Waals surface area contributed by atoms with Gasteiger partial charge in [0.15, 0.2) is 0 Å². The molecule has 1 heterocycles. The van der Waals surface area contributed by atoms with Crippen molar-refractivity contribution >= 4 is 22.4 Å². The summed E-state index contributed by atoms with van der Waals surface area (Å²) in [6.07, 6.45) is 0. The van der Waals surface area contributed by atoms with Crippen molar-refractivity contribution in [3.63, 3.8) is 0 Å². The Morgan fingerprint density at radius 1 is 1.04 bits per heavy atom. The molecule has 0 aliphatic rings. The Bertz CT molecular complexity index is 926. The number of para-hydroxylation sites is 1. The quantitative estimate of drug-likeness (QED) is 0.771. The van der Waals surface area contributed by atoms with E-state index >= 15 is 0 Å². The third kappa shape index (κ3) is 3.01. The molecule has 0 unspecified atom stereocenters.